The second kappa shape index (κ2) is 15.0. The minimum atomic E-state index is -3.88. The van der Waals surface area contributed by atoms with Crippen LogP contribution < -0.4 is 9.64 Å². The van der Waals surface area contributed by atoms with E-state index in [0.717, 1.165) is 47.6 Å². The Bertz CT molecular complexity index is 1740. The van der Waals surface area contributed by atoms with E-state index < -0.39 is 16.1 Å². The number of benzene rings is 3. The van der Waals surface area contributed by atoms with E-state index in [-0.39, 0.29) is 35.1 Å². The van der Waals surface area contributed by atoms with Crippen molar-refractivity contribution in [1.29, 1.82) is 0 Å². The van der Waals surface area contributed by atoms with Gasteiger partial charge < -0.3 is 24.2 Å². The number of H-pyrrole nitrogens is 1. The molecule has 0 amide bonds. The van der Waals surface area contributed by atoms with Crippen LogP contribution in [0.4, 0.5) is 5.69 Å². The van der Waals surface area contributed by atoms with Gasteiger partial charge in [-0.2, -0.15) is 4.31 Å². The lowest BCUT2D eigenvalue weighted by Crippen LogP contribution is -2.52. The summed E-state index contributed by atoms with van der Waals surface area (Å²) in [6, 6.07) is 19.8. The number of fused-ring (bicyclic) bond motifs is 1. The smallest absolute Gasteiger partial charge is 0.243 e. The zero-order chi connectivity index (χ0) is 33.7. The molecule has 0 spiro atoms. The normalized spacial score (nSPS) is 20.6. The quantitative estimate of drug-likeness (QED) is 0.190. The van der Waals surface area contributed by atoms with E-state index in [0.29, 0.717) is 38.5 Å². The first kappa shape index (κ1) is 33.8. The first-order chi connectivity index (χ1) is 23.2. The molecule has 4 atom stereocenters. The predicted molar refractivity (Wildman–Crippen MR) is 181 cm³/mol. The molecule has 2 aliphatic rings. The molecule has 0 radical (unpaired) electrons. The zero-order valence-corrected chi connectivity index (χ0v) is 28.5. The number of ether oxygens (including phenoxy) is 3. The van der Waals surface area contributed by atoms with Crippen LogP contribution in [0.5, 0.6) is 11.5 Å². The van der Waals surface area contributed by atoms with Crippen molar-refractivity contribution >= 4 is 15.7 Å². The Morgan fingerprint density at radius 3 is 2.62 bits per heavy atom. The summed E-state index contributed by atoms with van der Waals surface area (Å²) in [5.41, 5.74) is 3.96. The topological polar surface area (TPSA) is 143 Å². The predicted octanol–water partition coefficient (Wildman–Crippen LogP) is 4.78. The number of tetrazole rings is 1. The number of rotatable bonds is 13. The second-order valence-electron chi connectivity index (χ2n) is 12.7. The Hall–Kier alpha value is -4.04. The van der Waals surface area contributed by atoms with Crippen molar-refractivity contribution in [2.45, 2.75) is 68.6 Å². The van der Waals surface area contributed by atoms with Crippen molar-refractivity contribution in [2.75, 3.05) is 44.9 Å². The summed E-state index contributed by atoms with van der Waals surface area (Å²) in [5, 5.41) is 24.5. The first-order valence-corrected chi connectivity index (χ1v) is 17.9. The molecule has 1 fully saturated rings. The lowest BCUT2D eigenvalue weighted by atomic mass is 9.81. The maximum atomic E-state index is 14.4. The SMILES string of the molecule is COCCCN1CCOc2ccc(CO[C@H]3CN(S(=O)(=O)c4ccc(C)cc4)[C@@H](C[C@@H](C)c4nnn[nH]4)C[C@@H]3c3ccc(O)cc3)cc21. The van der Waals surface area contributed by atoms with Crippen LogP contribution in [0.25, 0.3) is 0 Å². The molecule has 2 aliphatic heterocycles. The van der Waals surface area contributed by atoms with Gasteiger partial charge in [0, 0.05) is 44.7 Å². The molecule has 2 N–H and O–H groups in total. The van der Waals surface area contributed by atoms with Gasteiger partial charge in [0.15, 0.2) is 5.82 Å². The van der Waals surface area contributed by atoms with Crippen molar-refractivity contribution in [3.8, 4) is 11.5 Å². The van der Waals surface area contributed by atoms with Gasteiger partial charge in [-0.15, -0.1) is 5.10 Å². The van der Waals surface area contributed by atoms with Crippen LogP contribution in [-0.2, 0) is 26.1 Å². The summed E-state index contributed by atoms with van der Waals surface area (Å²) < 4.78 is 48.2. The van der Waals surface area contributed by atoms with E-state index in [4.69, 9.17) is 14.2 Å². The summed E-state index contributed by atoms with van der Waals surface area (Å²) in [7, 11) is -2.17. The molecule has 256 valence electrons. The summed E-state index contributed by atoms with van der Waals surface area (Å²) in [4.78, 5) is 2.56. The fraction of sp³-hybridized carbons (Fsp3) is 0.457. The van der Waals surface area contributed by atoms with Gasteiger partial charge in [-0.3, -0.25) is 0 Å². The number of piperidine rings is 1. The molecule has 1 aromatic heterocycles. The number of aromatic nitrogens is 4. The molecular weight excluding hydrogens is 632 g/mol. The fourth-order valence-corrected chi connectivity index (χ4v) is 8.41. The highest BCUT2D eigenvalue weighted by Crippen LogP contribution is 2.41. The molecule has 3 heterocycles. The van der Waals surface area contributed by atoms with Crippen molar-refractivity contribution < 1.29 is 27.7 Å². The monoisotopic (exact) mass is 676 g/mol. The van der Waals surface area contributed by atoms with E-state index in [2.05, 4.69) is 31.6 Å². The van der Waals surface area contributed by atoms with Crippen LogP contribution in [0.15, 0.2) is 71.6 Å². The van der Waals surface area contributed by atoms with Gasteiger partial charge in [0.25, 0.3) is 0 Å². The first-order valence-electron chi connectivity index (χ1n) is 16.4. The molecule has 1 saturated heterocycles. The van der Waals surface area contributed by atoms with Crippen molar-refractivity contribution in [1.82, 2.24) is 24.9 Å². The number of sulfonamides is 1. The van der Waals surface area contributed by atoms with Crippen LogP contribution in [0.1, 0.15) is 60.5 Å². The van der Waals surface area contributed by atoms with Gasteiger partial charge in [0.2, 0.25) is 10.0 Å². The molecule has 13 heteroatoms. The number of nitrogens with one attached hydrogen (secondary N) is 1. The Morgan fingerprint density at radius 2 is 1.90 bits per heavy atom. The third-order valence-corrected chi connectivity index (χ3v) is 11.3. The van der Waals surface area contributed by atoms with Gasteiger partial charge >= 0.3 is 0 Å². The minimum Gasteiger partial charge on any atom is -0.508 e. The van der Waals surface area contributed by atoms with Crippen molar-refractivity contribution in [2.24, 2.45) is 0 Å². The maximum absolute atomic E-state index is 14.4. The van der Waals surface area contributed by atoms with Gasteiger partial charge in [-0.25, -0.2) is 13.5 Å². The molecule has 0 bridgehead atoms. The molecular formula is C35H44N6O6S. The third-order valence-electron chi connectivity index (χ3n) is 9.37. The van der Waals surface area contributed by atoms with Gasteiger partial charge in [-0.1, -0.05) is 42.8 Å². The number of aromatic hydroxyl groups is 1. The number of phenols is 1. The number of hydrogen-bond acceptors (Lipinski definition) is 10. The molecule has 0 unspecified atom stereocenters. The average Bonchev–Trinajstić information content (AvgIpc) is 3.64. The number of methoxy groups -OCH3 is 1. The molecule has 0 saturated carbocycles. The van der Waals surface area contributed by atoms with Crippen molar-refractivity contribution in [3.05, 3.63) is 89.2 Å². The largest absolute Gasteiger partial charge is 0.508 e. The minimum absolute atomic E-state index is 0.122. The van der Waals surface area contributed by atoms with E-state index in [1.165, 1.54) is 0 Å². The lowest BCUT2D eigenvalue weighted by molar-refractivity contribution is -0.0215. The van der Waals surface area contributed by atoms with E-state index in [9.17, 15) is 13.5 Å². The van der Waals surface area contributed by atoms with Crippen LogP contribution in [0.3, 0.4) is 0 Å². The highest BCUT2D eigenvalue weighted by atomic mass is 32.2. The molecule has 4 aromatic rings. The number of aryl methyl sites for hydroxylation is 1. The summed E-state index contributed by atoms with van der Waals surface area (Å²) in [6.45, 7) is 7.35. The summed E-state index contributed by atoms with van der Waals surface area (Å²) >= 11 is 0. The Kier molecular flexibility index (Phi) is 10.6. The van der Waals surface area contributed by atoms with E-state index in [1.54, 1.807) is 35.7 Å². The van der Waals surface area contributed by atoms with Crippen molar-refractivity contribution in [3.63, 3.8) is 0 Å². The number of anilines is 1. The Morgan fingerprint density at radius 1 is 1.10 bits per heavy atom. The molecule has 3 aromatic carbocycles. The van der Waals surface area contributed by atoms with E-state index in [1.807, 2.05) is 50.2 Å². The maximum Gasteiger partial charge on any atom is 0.243 e. The van der Waals surface area contributed by atoms with Crippen LogP contribution >= 0.6 is 0 Å². The molecule has 6 rings (SSSR count). The second-order valence-corrected chi connectivity index (χ2v) is 14.6. The zero-order valence-electron chi connectivity index (χ0n) is 27.7. The lowest BCUT2D eigenvalue weighted by Gasteiger charge is -2.44. The average molecular weight is 677 g/mol. The molecule has 12 nitrogen and oxygen atoms in total. The highest BCUT2D eigenvalue weighted by molar-refractivity contribution is 7.89. The van der Waals surface area contributed by atoms with Crippen LogP contribution in [0, 0.1) is 6.92 Å². The Labute approximate surface area is 282 Å². The number of aromatic amines is 1. The number of hydrogen-bond donors (Lipinski definition) is 2. The van der Waals surface area contributed by atoms with Crippen LogP contribution in [-0.4, -0.2) is 90.6 Å². The Balaban J connectivity index is 1.30. The molecule has 0 aliphatic carbocycles. The molecule has 48 heavy (non-hydrogen) atoms. The van der Waals surface area contributed by atoms with Gasteiger partial charge in [0.05, 0.1) is 29.8 Å². The van der Waals surface area contributed by atoms with Gasteiger partial charge in [0.1, 0.15) is 18.1 Å². The van der Waals surface area contributed by atoms with Crippen LogP contribution in [0.2, 0.25) is 0 Å². The summed E-state index contributed by atoms with van der Waals surface area (Å²) in [5.74, 6) is 1.37. The highest BCUT2D eigenvalue weighted by Gasteiger charge is 2.43. The fourth-order valence-electron chi connectivity index (χ4n) is 6.75. The third kappa shape index (κ3) is 7.64. The van der Waals surface area contributed by atoms with E-state index >= 15 is 0 Å². The summed E-state index contributed by atoms with van der Waals surface area (Å²) in [6.07, 6.45) is 1.47. The standard InChI is InChI=1S/C35H44N6O6S/c1-24-5-12-30(13-6-24)48(43,44)41-22-34(47-23-26-7-14-33-32(20-26)40(16-18-46-33)15-4-17-45-3)31(27-8-10-29(42)11-9-27)21-28(41)19-25(2)35-36-38-39-37-35/h5-14,20,25,28,31,34,42H,4,15-19,21-23H2,1-3H3,(H,36,37,38,39)/t25-,28+,31-,34+/m1/s1. The number of nitrogens with zero attached hydrogens (tertiary/aromatic N) is 5. The van der Waals surface area contributed by atoms with Gasteiger partial charge in [-0.05, 0) is 84.1 Å². The number of phenolic OH excluding ortho intramolecular Hbond substituents is 1.